The van der Waals surface area contributed by atoms with Gasteiger partial charge in [-0.1, -0.05) is 25.3 Å². The summed E-state index contributed by atoms with van der Waals surface area (Å²) >= 11 is 1.60. The summed E-state index contributed by atoms with van der Waals surface area (Å²) in [5.74, 6) is -1.01. The third-order valence-corrected chi connectivity index (χ3v) is 5.44. The lowest BCUT2D eigenvalue weighted by molar-refractivity contribution is -0.151. The summed E-state index contributed by atoms with van der Waals surface area (Å²) in [6, 6.07) is 3.18. The van der Waals surface area contributed by atoms with Gasteiger partial charge in [0, 0.05) is 11.9 Å². The van der Waals surface area contributed by atoms with Gasteiger partial charge in [-0.15, -0.1) is 11.3 Å². The van der Waals surface area contributed by atoms with Gasteiger partial charge in [0.25, 0.3) is 0 Å². The van der Waals surface area contributed by atoms with Crippen LogP contribution >= 0.6 is 11.3 Å². The maximum absolute atomic E-state index is 12.9. The fourth-order valence-corrected chi connectivity index (χ4v) is 3.93. The van der Waals surface area contributed by atoms with Crippen LogP contribution in [0.5, 0.6) is 0 Å². The van der Waals surface area contributed by atoms with Crippen LogP contribution in [0.25, 0.3) is 0 Å². The van der Waals surface area contributed by atoms with Crippen LogP contribution in [0.4, 0.5) is 0 Å². The Kier molecular flexibility index (Phi) is 4.48. The minimum Gasteiger partial charge on any atom is -0.480 e. The normalized spacial score (nSPS) is 19.3. The van der Waals surface area contributed by atoms with Crippen LogP contribution in [-0.4, -0.2) is 35.0 Å². The Bertz CT molecular complexity index is 477. The van der Waals surface area contributed by atoms with E-state index in [1.54, 1.807) is 25.3 Å². The maximum Gasteiger partial charge on any atom is 0.326 e. The number of rotatable bonds is 4. The van der Waals surface area contributed by atoms with Crippen molar-refractivity contribution in [3.8, 4) is 0 Å². The Morgan fingerprint density at radius 1 is 1.35 bits per heavy atom. The summed E-state index contributed by atoms with van der Waals surface area (Å²) in [6.07, 6.45) is 4.85. The summed E-state index contributed by atoms with van der Waals surface area (Å²) in [7, 11) is 1.60. The zero-order valence-electron chi connectivity index (χ0n) is 12.0. The first-order valence-electron chi connectivity index (χ1n) is 7.03. The number of hydrogen-bond donors (Lipinski definition) is 1. The number of carboxylic acid groups (broad SMARTS) is 1. The van der Waals surface area contributed by atoms with Crippen molar-refractivity contribution in [3.63, 3.8) is 0 Å². The molecule has 1 amide bonds. The zero-order chi connectivity index (χ0) is 14.8. The van der Waals surface area contributed by atoms with Gasteiger partial charge < -0.3 is 10.0 Å². The van der Waals surface area contributed by atoms with Crippen molar-refractivity contribution < 1.29 is 14.7 Å². The first-order chi connectivity index (χ1) is 9.49. The van der Waals surface area contributed by atoms with Gasteiger partial charge in [-0.25, -0.2) is 4.79 Å². The van der Waals surface area contributed by atoms with Crippen LogP contribution < -0.4 is 0 Å². The smallest absolute Gasteiger partial charge is 0.326 e. The third-order valence-electron chi connectivity index (χ3n) is 4.37. The molecular weight excluding hydrogens is 274 g/mol. The largest absolute Gasteiger partial charge is 0.480 e. The predicted molar refractivity (Wildman–Crippen MR) is 78.9 cm³/mol. The highest BCUT2D eigenvalue weighted by Gasteiger charge is 2.44. The number of likely N-dealkylation sites (N-methyl/N-ethyl adjacent to an activating group) is 1. The van der Waals surface area contributed by atoms with Crippen molar-refractivity contribution in [1.29, 1.82) is 0 Å². The number of nitrogens with zero attached hydrogens (tertiary/aromatic N) is 1. The van der Waals surface area contributed by atoms with E-state index in [0.717, 1.165) is 37.0 Å². The molecule has 1 unspecified atom stereocenters. The number of amides is 1. The Morgan fingerprint density at radius 2 is 2.00 bits per heavy atom. The quantitative estimate of drug-likeness (QED) is 0.929. The maximum atomic E-state index is 12.9. The highest BCUT2D eigenvalue weighted by molar-refractivity contribution is 7.10. The summed E-state index contributed by atoms with van der Waals surface area (Å²) in [5.41, 5.74) is -0.509. The molecular formula is C15H21NO3S. The van der Waals surface area contributed by atoms with Crippen LogP contribution in [0.2, 0.25) is 0 Å². The van der Waals surface area contributed by atoms with E-state index in [4.69, 9.17) is 5.11 Å². The number of carboxylic acids is 1. The SMILES string of the molecule is CC(C(=O)O)N(C)C(=O)C1(c2cccs2)CCCCC1. The molecule has 1 heterocycles. The molecule has 110 valence electrons. The molecule has 1 fully saturated rings. The molecule has 0 spiro atoms. The molecule has 0 aliphatic heterocycles. The van der Waals surface area contributed by atoms with Crippen LogP contribution in [0, 0.1) is 0 Å². The van der Waals surface area contributed by atoms with Crippen LogP contribution in [-0.2, 0) is 15.0 Å². The van der Waals surface area contributed by atoms with Gasteiger partial charge in [-0.3, -0.25) is 4.79 Å². The van der Waals surface area contributed by atoms with Crippen LogP contribution in [0.15, 0.2) is 17.5 Å². The number of hydrogen-bond acceptors (Lipinski definition) is 3. The minimum absolute atomic E-state index is 0.0467. The van der Waals surface area contributed by atoms with Crippen LogP contribution in [0.3, 0.4) is 0 Å². The third kappa shape index (κ3) is 2.59. The van der Waals surface area contributed by atoms with E-state index in [-0.39, 0.29) is 5.91 Å². The van der Waals surface area contributed by atoms with Gasteiger partial charge in [-0.05, 0) is 31.2 Å². The van der Waals surface area contributed by atoms with Crippen molar-refractivity contribution in [2.45, 2.75) is 50.5 Å². The van der Waals surface area contributed by atoms with Gasteiger partial charge in [0.05, 0.1) is 5.41 Å². The Labute approximate surface area is 123 Å². The van der Waals surface area contributed by atoms with Crippen molar-refractivity contribution in [2.75, 3.05) is 7.05 Å². The molecule has 1 saturated carbocycles. The summed E-state index contributed by atoms with van der Waals surface area (Å²) < 4.78 is 0. The number of thiophene rings is 1. The second kappa shape index (κ2) is 5.95. The Morgan fingerprint density at radius 3 is 2.50 bits per heavy atom. The molecule has 4 nitrogen and oxygen atoms in total. The second-order valence-corrected chi connectivity index (χ2v) is 6.50. The monoisotopic (exact) mass is 295 g/mol. The molecule has 1 aromatic heterocycles. The Balaban J connectivity index is 2.32. The molecule has 1 aliphatic rings. The Hall–Kier alpha value is -1.36. The molecule has 1 aliphatic carbocycles. The average Bonchev–Trinajstić information content (AvgIpc) is 3.00. The fraction of sp³-hybridized carbons (Fsp3) is 0.600. The number of carbonyl (C=O) groups is 2. The lowest BCUT2D eigenvalue weighted by atomic mass is 9.72. The molecule has 0 radical (unpaired) electrons. The summed E-state index contributed by atoms with van der Waals surface area (Å²) in [6.45, 7) is 1.56. The van der Waals surface area contributed by atoms with Crippen molar-refractivity contribution in [1.82, 2.24) is 4.90 Å². The molecule has 5 heteroatoms. The van der Waals surface area contributed by atoms with Gasteiger partial charge in [0.15, 0.2) is 0 Å². The van der Waals surface area contributed by atoms with Gasteiger partial charge in [0.1, 0.15) is 6.04 Å². The van der Waals surface area contributed by atoms with Gasteiger partial charge in [0.2, 0.25) is 5.91 Å². The molecule has 20 heavy (non-hydrogen) atoms. The second-order valence-electron chi connectivity index (χ2n) is 5.55. The lowest BCUT2D eigenvalue weighted by Crippen LogP contribution is -2.51. The van der Waals surface area contributed by atoms with Crippen LogP contribution in [0.1, 0.15) is 43.9 Å². The van der Waals surface area contributed by atoms with E-state index in [1.807, 2.05) is 17.5 Å². The summed E-state index contributed by atoms with van der Waals surface area (Å²) in [4.78, 5) is 26.5. The number of aliphatic carboxylic acids is 1. The van der Waals surface area contributed by atoms with Crippen molar-refractivity contribution >= 4 is 23.2 Å². The predicted octanol–water partition coefficient (Wildman–Crippen LogP) is 2.88. The molecule has 0 saturated heterocycles. The minimum atomic E-state index is -0.960. The highest BCUT2D eigenvalue weighted by Crippen LogP contribution is 2.43. The van der Waals surface area contributed by atoms with E-state index >= 15 is 0 Å². The molecule has 0 aromatic carbocycles. The molecule has 0 bridgehead atoms. The van der Waals surface area contributed by atoms with Crippen molar-refractivity contribution in [2.24, 2.45) is 0 Å². The first-order valence-corrected chi connectivity index (χ1v) is 7.91. The topological polar surface area (TPSA) is 57.6 Å². The first kappa shape index (κ1) is 15.0. The van der Waals surface area contributed by atoms with Gasteiger partial charge >= 0.3 is 5.97 Å². The van der Waals surface area contributed by atoms with E-state index in [2.05, 4.69) is 0 Å². The molecule has 1 N–H and O–H groups in total. The van der Waals surface area contributed by atoms with E-state index in [0.29, 0.717) is 0 Å². The molecule has 1 aromatic rings. The van der Waals surface area contributed by atoms with Gasteiger partial charge in [-0.2, -0.15) is 0 Å². The average molecular weight is 295 g/mol. The van der Waals surface area contributed by atoms with E-state index in [9.17, 15) is 9.59 Å². The molecule has 2 rings (SSSR count). The molecule has 1 atom stereocenters. The van der Waals surface area contributed by atoms with E-state index in [1.165, 1.54) is 4.90 Å². The van der Waals surface area contributed by atoms with Crippen molar-refractivity contribution in [3.05, 3.63) is 22.4 Å². The summed E-state index contributed by atoms with van der Waals surface area (Å²) in [5, 5.41) is 11.1. The van der Waals surface area contributed by atoms with E-state index < -0.39 is 17.4 Å². The standard InChI is InChI=1S/C15H21NO3S/c1-11(13(17)18)16(2)14(19)15(8-4-3-5-9-15)12-7-6-10-20-12/h6-7,10-11H,3-5,8-9H2,1-2H3,(H,17,18). The number of carbonyl (C=O) groups excluding carboxylic acids is 1. The highest BCUT2D eigenvalue weighted by atomic mass is 32.1. The zero-order valence-corrected chi connectivity index (χ0v) is 12.8. The lowest BCUT2D eigenvalue weighted by Gasteiger charge is -2.39. The fourth-order valence-electron chi connectivity index (χ4n) is 2.95.